The highest BCUT2D eigenvalue weighted by Gasteiger charge is 2.10. The van der Waals surface area contributed by atoms with Crippen LogP contribution in [0.2, 0.25) is 0 Å². The van der Waals surface area contributed by atoms with E-state index in [4.69, 9.17) is 0 Å². The molecule has 0 atom stereocenters. The van der Waals surface area contributed by atoms with Crippen LogP contribution in [0.4, 0.5) is 5.95 Å². The number of carbonyl (C=O) groups excluding carboxylic acids is 1. The van der Waals surface area contributed by atoms with E-state index in [0.717, 1.165) is 5.56 Å². The zero-order chi connectivity index (χ0) is 15.1. The average molecular weight is 282 g/mol. The molecular weight excluding hydrogens is 264 g/mol. The number of carbonyl (C=O) groups is 1. The Hall–Kier alpha value is -2.69. The number of nitrogens with one attached hydrogen (secondary N) is 1. The lowest BCUT2D eigenvalue weighted by molar-refractivity contribution is 0.0953. The van der Waals surface area contributed by atoms with Gasteiger partial charge in [-0.1, -0.05) is 36.4 Å². The van der Waals surface area contributed by atoms with Crippen LogP contribution in [0.5, 0.6) is 0 Å². The summed E-state index contributed by atoms with van der Waals surface area (Å²) in [5, 5.41) is 2.70. The Morgan fingerprint density at radius 2 is 2.10 bits per heavy atom. The van der Waals surface area contributed by atoms with Crippen molar-refractivity contribution in [2.45, 2.75) is 6.54 Å². The number of hydrogen-bond donors (Lipinski definition) is 1. The zero-order valence-electron chi connectivity index (χ0n) is 12.0. The predicted octanol–water partition coefficient (Wildman–Crippen LogP) is 2.03. The summed E-state index contributed by atoms with van der Waals surface area (Å²) in [5.41, 5.74) is 1.51. The van der Waals surface area contributed by atoms with Crippen LogP contribution >= 0.6 is 0 Å². The molecule has 0 saturated carbocycles. The highest BCUT2D eigenvalue weighted by atomic mass is 16.1. The van der Waals surface area contributed by atoms with Gasteiger partial charge in [0.25, 0.3) is 5.91 Å². The van der Waals surface area contributed by atoms with Gasteiger partial charge in [-0.05, 0) is 11.6 Å². The van der Waals surface area contributed by atoms with Gasteiger partial charge >= 0.3 is 0 Å². The Labute approximate surface area is 124 Å². The van der Waals surface area contributed by atoms with Gasteiger partial charge in [-0.25, -0.2) is 9.97 Å². The smallest absolute Gasteiger partial charge is 0.270 e. The fourth-order valence-electron chi connectivity index (χ4n) is 1.84. The molecule has 1 aromatic carbocycles. The Morgan fingerprint density at radius 3 is 2.81 bits per heavy atom. The molecule has 0 bridgehead atoms. The number of benzene rings is 1. The van der Waals surface area contributed by atoms with Gasteiger partial charge in [-0.2, -0.15) is 0 Å². The molecule has 0 spiro atoms. The van der Waals surface area contributed by atoms with E-state index in [1.807, 2.05) is 42.3 Å². The van der Waals surface area contributed by atoms with E-state index < -0.39 is 0 Å². The Bertz CT molecular complexity index is 613. The molecule has 5 heteroatoms. The second kappa shape index (κ2) is 7.19. The topological polar surface area (TPSA) is 58.1 Å². The molecule has 1 N–H and O–H groups in total. The van der Waals surface area contributed by atoms with Crippen LogP contribution in [-0.4, -0.2) is 29.5 Å². The van der Waals surface area contributed by atoms with Crippen molar-refractivity contribution >= 4 is 11.9 Å². The largest absolute Gasteiger partial charge is 0.347 e. The van der Waals surface area contributed by atoms with Crippen molar-refractivity contribution in [3.05, 3.63) is 66.5 Å². The first kappa shape index (κ1) is 14.7. The molecule has 5 nitrogen and oxygen atoms in total. The number of aromatic nitrogens is 2. The van der Waals surface area contributed by atoms with Crippen molar-refractivity contribution < 1.29 is 4.79 Å². The normalized spacial score (nSPS) is 9.95. The van der Waals surface area contributed by atoms with Gasteiger partial charge in [-0.15, -0.1) is 6.58 Å². The number of nitrogens with zero attached hydrogens (tertiary/aromatic N) is 3. The van der Waals surface area contributed by atoms with E-state index in [1.165, 1.54) is 0 Å². The van der Waals surface area contributed by atoms with E-state index in [9.17, 15) is 4.79 Å². The molecule has 0 aliphatic carbocycles. The molecule has 21 heavy (non-hydrogen) atoms. The first-order valence-corrected chi connectivity index (χ1v) is 6.68. The Balaban J connectivity index is 2.09. The summed E-state index contributed by atoms with van der Waals surface area (Å²) in [7, 11) is 1.90. The van der Waals surface area contributed by atoms with Crippen molar-refractivity contribution in [2.24, 2.45) is 0 Å². The molecule has 0 aliphatic heterocycles. The monoisotopic (exact) mass is 282 g/mol. The number of rotatable bonds is 6. The molecule has 1 heterocycles. The fourth-order valence-corrected chi connectivity index (χ4v) is 1.84. The molecule has 1 aromatic heterocycles. The van der Waals surface area contributed by atoms with Gasteiger partial charge in [-0.3, -0.25) is 4.79 Å². The van der Waals surface area contributed by atoms with Crippen LogP contribution < -0.4 is 10.2 Å². The summed E-state index contributed by atoms with van der Waals surface area (Å²) in [6.07, 6.45) is 3.22. The van der Waals surface area contributed by atoms with Crippen molar-refractivity contribution in [3.63, 3.8) is 0 Å². The fraction of sp³-hybridized carbons (Fsp3) is 0.188. The van der Waals surface area contributed by atoms with E-state index in [2.05, 4.69) is 21.9 Å². The van der Waals surface area contributed by atoms with E-state index in [-0.39, 0.29) is 5.91 Å². The molecule has 0 radical (unpaired) electrons. The van der Waals surface area contributed by atoms with Crippen molar-refractivity contribution in [3.8, 4) is 0 Å². The molecule has 0 unspecified atom stereocenters. The highest BCUT2D eigenvalue weighted by Crippen LogP contribution is 2.10. The Morgan fingerprint density at radius 1 is 1.33 bits per heavy atom. The molecular formula is C16H18N4O. The second-order valence-electron chi connectivity index (χ2n) is 4.58. The standard InChI is InChI=1S/C16H18N4O/c1-3-10-17-15(21)14-9-11-18-16(19-14)20(2)12-13-7-5-4-6-8-13/h3-9,11H,1,10,12H2,2H3,(H,17,21). The van der Waals surface area contributed by atoms with Gasteiger partial charge in [0.05, 0.1) is 0 Å². The molecule has 2 aromatic rings. The predicted molar refractivity (Wildman–Crippen MR) is 83.1 cm³/mol. The summed E-state index contributed by atoms with van der Waals surface area (Å²) < 4.78 is 0. The number of amides is 1. The van der Waals surface area contributed by atoms with Crippen molar-refractivity contribution in [1.82, 2.24) is 15.3 Å². The van der Waals surface area contributed by atoms with Crippen molar-refractivity contribution in [2.75, 3.05) is 18.5 Å². The number of hydrogen-bond acceptors (Lipinski definition) is 4. The molecule has 0 saturated heterocycles. The summed E-state index contributed by atoms with van der Waals surface area (Å²) in [6.45, 7) is 4.66. The third-order valence-electron chi connectivity index (χ3n) is 2.89. The molecule has 0 fully saturated rings. The molecule has 1 amide bonds. The second-order valence-corrected chi connectivity index (χ2v) is 4.58. The maximum absolute atomic E-state index is 11.9. The van der Waals surface area contributed by atoms with Crippen LogP contribution in [0.1, 0.15) is 16.1 Å². The average Bonchev–Trinajstić information content (AvgIpc) is 2.53. The van der Waals surface area contributed by atoms with Crippen molar-refractivity contribution in [1.29, 1.82) is 0 Å². The van der Waals surface area contributed by atoms with Crippen LogP contribution in [0, 0.1) is 0 Å². The van der Waals surface area contributed by atoms with Crippen LogP contribution in [0.15, 0.2) is 55.3 Å². The minimum Gasteiger partial charge on any atom is -0.347 e. The van der Waals surface area contributed by atoms with Crippen LogP contribution in [-0.2, 0) is 6.54 Å². The van der Waals surface area contributed by atoms with Gasteiger partial charge in [0, 0.05) is 26.3 Å². The first-order chi connectivity index (χ1) is 10.2. The van der Waals surface area contributed by atoms with Crippen LogP contribution in [0.3, 0.4) is 0 Å². The molecule has 2 rings (SSSR count). The Kier molecular flexibility index (Phi) is 5.04. The summed E-state index contributed by atoms with van der Waals surface area (Å²) in [5.74, 6) is 0.289. The maximum atomic E-state index is 11.9. The van der Waals surface area contributed by atoms with E-state index in [1.54, 1.807) is 18.3 Å². The van der Waals surface area contributed by atoms with E-state index in [0.29, 0.717) is 24.7 Å². The summed E-state index contributed by atoms with van der Waals surface area (Å²) >= 11 is 0. The lowest BCUT2D eigenvalue weighted by Gasteiger charge is -2.17. The maximum Gasteiger partial charge on any atom is 0.270 e. The lowest BCUT2D eigenvalue weighted by Crippen LogP contribution is -2.26. The molecule has 108 valence electrons. The highest BCUT2D eigenvalue weighted by molar-refractivity contribution is 5.92. The third-order valence-corrected chi connectivity index (χ3v) is 2.89. The molecule has 0 aliphatic rings. The zero-order valence-corrected chi connectivity index (χ0v) is 12.0. The minimum absolute atomic E-state index is 0.230. The van der Waals surface area contributed by atoms with Gasteiger partial charge < -0.3 is 10.2 Å². The van der Waals surface area contributed by atoms with Crippen LogP contribution in [0.25, 0.3) is 0 Å². The third kappa shape index (κ3) is 4.14. The lowest BCUT2D eigenvalue weighted by atomic mass is 10.2. The quantitative estimate of drug-likeness (QED) is 0.824. The minimum atomic E-state index is -0.230. The first-order valence-electron chi connectivity index (χ1n) is 6.68. The van der Waals surface area contributed by atoms with Gasteiger partial charge in [0.2, 0.25) is 5.95 Å². The number of anilines is 1. The SMILES string of the molecule is C=CCNC(=O)c1ccnc(N(C)Cc2ccccc2)n1. The van der Waals surface area contributed by atoms with Gasteiger partial charge in [0.15, 0.2) is 0 Å². The van der Waals surface area contributed by atoms with Gasteiger partial charge in [0.1, 0.15) is 5.69 Å². The summed E-state index contributed by atoms with van der Waals surface area (Å²) in [6, 6.07) is 11.6. The van der Waals surface area contributed by atoms with E-state index >= 15 is 0 Å². The summed E-state index contributed by atoms with van der Waals surface area (Å²) in [4.78, 5) is 22.3.